The fraction of sp³-hybridized carbons (Fsp3) is 0.118. The van der Waals surface area contributed by atoms with Gasteiger partial charge in [0.15, 0.2) is 0 Å². The zero-order valence-electron chi connectivity index (χ0n) is 11.7. The molecule has 0 saturated heterocycles. The number of rotatable bonds is 2. The first-order chi connectivity index (χ1) is 10.2. The first-order valence-electron chi connectivity index (χ1n) is 6.73. The van der Waals surface area contributed by atoms with Crippen LogP contribution in [0.3, 0.4) is 0 Å². The summed E-state index contributed by atoms with van der Waals surface area (Å²) in [4.78, 5) is 16.0. The van der Waals surface area contributed by atoms with E-state index >= 15 is 0 Å². The Morgan fingerprint density at radius 2 is 1.67 bits per heavy atom. The lowest BCUT2D eigenvalue weighted by Gasteiger charge is -2.34. The molecule has 1 heterocycles. The number of urea groups is 1. The van der Waals surface area contributed by atoms with Gasteiger partial charge in [0.2, 0.25) is 0 Å². The number of carbonyl (C=O) groups excluding carboxylic acids is 1. The lowest BCUT2D eigenvalue weighted by atomic mass is 10.1. The number of amides is 2. The van der Waals surface area contributed by atoms with E-state index < -0.39 is 0 Å². The number of likely N-dealkylation sites (N-methyl/N-ethyl adjacent to an activating group) is 1. The molecule has 0 atom stereocenters. The van der Waals surface area contributed by atoms with Gasteiger partial charge in [0.25, 0.3) is 0 Å². The molecule has 106 valence electrons. The van der Waals surface area contributed by atoms with E-state index in [0.717, 1.165) is 16.9 Å². The maximum Gasteiger partial charge on any atom is 0.329 e. The van der Waals surface area contributed by atoms with Crippen LogP contribution in [0.1, 0.15) is 5.56 Å². The minimum absolute atomic E-state index is 0.0429. The normalized spacial score (nSPS) is 15.1. The Morgan fingerprint density at radius 1 is 1.00 bits per heavy atom. The molecule has 0 spiro atoms. The smallest absolute Gasteiger partial charge is 0.323 e. The zero-order chi connectivity index (χ0) is 14.8. The van der Waals surface area contributed by atoms with E-state index in [-0.39, 0.29) is 6.03 Å². The number of carbonyl (C=O) groups is 1. The highest BCUT2D eigenvalue weighted by molar-refractivity contribution is 6.30. The summed E-state index contributed by atoms with van der Waals surface area (Å²) in [6, 6.07) is 17.2. The molecule has 0 radical (unpaired) electrons. The molecule has 2 amide bonds. The maximum absolute atomic E-state index is 12.6. The summed E-state index contributed by atoms with van der Waals surface area (Å²) in [5.41, 5.74) is 2.74. The second-order valence-electron chi connectivity index (χ2n) is 4.93. The van der Waals surface area contributed by atoms with Crippen LogP contribution in [-0.2, 0) is 0 Å². The van der Waals surface area contributed by atoms with E-state index in [2.05, 4.69) is 6.08 Å². The molecule has 0 unspecified atom stereocenters. The van der Waals surface area contributed by atoms with Gasteiger partial charge in [-0.15, -0.1) is 0 Å². The molecule has 0 saturated carbocycles. The number of halogens is 1. The van der Waals surface area contributed by atoms with E-state index in [1.54, 1.807) is 29.0 Å². The molecule has 1 aliphatic heterocycles. The van der Waals surface area contributed by atoms with Crippen LogP contribution in [0.25, 0.3) is 5.70 Å². The largest absolute Gasteiger partial charge is 0.329 e. The molecule has 21 heavy (non-hydrogen) atoms. The fourth-order valence-electron chi connectivity index (χ4n) is 2.36. The van der Waals surface area contributed by atoms with Gasteiger partial charge in [-0.2, -0.15) is 0 Å². The van der Waals surface area contributed by atoms with Gasteiger partial charge in [0.05, 0.1) is 11.4 Å². The Labute approximate surface area is 129 Å². The van der Waals surface area contributed by atoms with Crippen LogP contribution in [0.15, 0.2) is 60.7 Å². The topological polar surface area (TPSA) is 23.6 Å². The third-order valence-corrected chi connectivity index (χ3v) is 3.72. The summed E-state index contributed by atoms with van der Waals surface area (Å²) >= 11 is 5.94. The van der Waals surface area contributed by atoms with Gasteiger partial charge in [-0.25, -0.2) is 4.79 Å². The van der Waals surface area contributed by atoms with E-state index in [1.165, 1.54) is 0 Å². The minimum Gasteiger partial charge on any atom is -0.323 e. The number of nitrogens with zero attached hydrogens (tertiary/aromatic N) is 2. The Kier molecular flexibility index (Phi) is 3.67. The minimum atomic E-state index is -0.0429. The molecule has 4 heteroatoms. The van der Waals surface area contributed by atoms with Crippen molar-refractivity contribution in [1.82, 2.24) is 4.90 Å². The highest BCUT2D eigenvalue weighted by atomic mass is 35.5. The van der Waals surface area contributed by atoms with Gasteiger partial charge < -0.3 is 4.90 Å². The van der Waals surface area contributed by atoms with Crippen molar-refractivity contribution in [3.8, 4) is 0 Å². The van der Waals surface area contributed by atoms with Gasteiger partial charge in [-0.1, -0.05) is 41.9 Å². The quantitative estimate of drug-likeness (QED) is 0.813. The molecular formula is C17H15ClN2O. The average Bonchev–Trinajstić information content (AvgIpc) is 2.52. The van der Waals surface area contributed by atoms with E-state index in [4.69, 9.17) is 11.6 Å². The van der Waals surface area contributed by atoms with Crippen LogP contribution in [0, 0.1) is 0 Å². The maximum atomic E-state index is 12.6. The summed E-state index contributed by atoms with van der Waals surface area (Å²) in [5.74, 6) is 0. The van der Waals surface area contributed by atoms with E-state index in [0.29, 0.717) is 11.6 Å². The van der Waals surface area contributed by atoms with Crippen molar-refractivity contribution in [1.29, 1.82) is 0 Å². The predicted octanol–water partition coefficient (Wildman–Crippen LogP) is 4.25. The van der Waals surface area contributed by atoms with E-state index in [1.807, 2.05) is 42.5 Å². The van der Waals surface area contributed by atoms with Crippen molar-refractivity contribution >= 4 is 29.0 Å². The summed E-state index contributed by atoms with van der Waals surface area (Å²) < 4.78 is 0. The van der Waals surface area contributed by atoms with Crippen molar-refractivity contribution in [2.24, 2.45) is 0 Å². The van der Waals surface area contributed by atoms with Crippen molar-refractivity contribution in [3.05, 3.63) is 71.3 Å². The molecule has 3 nitrogen and oxygen atoms in total. The van der Waals surface area contributed by atoms with Gasteiger partial charge in [-0.05, 0) is 35.9 Å². The van der Waals surface area contributed by atoms with Crippen molar-refractivity contribution < 1.29 is 4.79 Å². The lowest BCUT2D eigenvalue weighted by molar-refractivity contribution is 0.221. The molecule has 0 aliphatic carbocycles. The Hall–Kier alpha value is -2.26. The molecule has 0 N–H and O–H groups in total. The van der Waals surface area contributed by atoms with Gasteiger partial charge in [0.1, 0.15) is 0 Å². The van der Waals surface area contributed by atoms with Crippen molar-refractivity contribution in [2.45, 2.75) is 0 Å². The van der Waals surface area contributed by atoms with Crippen molar-refractivity contribution in [2.75, 3.05) is 18.5 Å². The summed E-state index contributed by atoms with van der Waals surface area (Å²) in [6.45, 7) is 0.604. The predicted molar refractivity (Wildman–Crippen MR) is 86.4 cm³/mol. The summed E-state index contributed by atoms with van der Waals surface area (Å²) in [7, 11) is 1.80. The SMILES string of the molecule is CN1CC=C(c2ccccc2)N(c2ccc(Cl)cc2)C1=O. The van der Waals surface area contributed by atoms with E-state index in [9.17, 15) is 4.79 Å². The van der Waals surface area contributed by atoms with Crippen molar-refractivity contribution in [3.63, 3.8) is 0 Å². The number of benzene rings is 2. The molecule has 1 aliphatic rings. The van der Waals surface area contributed by atoms with Crippen LogP contribution in [0.5, 0.6) is 0 Å². The second-order valence-corrected chi connectivity index (χ2v) is 5.37. The monoisotopic (exact) mass is 298 g/mol. The van der Waals surface area contributed by atoms with Crippen LogP contribution < -0.4 is 4.90 Å². The molecule has 2 aromatic rings. The zero-order valence-corrected chi connectivity index (χ0v) is 12.4. The summed E-state index contributed by atoms with van der Waals surface area (Å²) in [6.07, 6.45) is 2.06. The Balaban J connectivity index is 2.08. The standard InChI is InChI=1S/C17H15ClN2O/c1-19-12-11-16(13-5-3-2-4-6-13)20(17(19)21)15-9-7-14(18)8-10-15/h2-11H,12H2,1H3. The molecule has 0 aromatic heterocycles. The first kappa shape index (κ1) is 13.7. The molecule has 3 rings (SSSR count). The highest BCUT2D eigenvalue weighted by Crippen LogP contribution is 2.30. The molecule has 0 bridgehead atoms. The Morgan fingerprint density at radius 3 is 2.33 bits per heavy atom. The average molecular weight is 299 g/mol. The number of hydrogen-bond donors (Lipinski definition) is 0. The lowest BCUT2D eigenvalue weighted by Crippen LogP contribution is -2.44. The van der Waals surface area contributed by atoms with Crippen LogP contribution in [-0.4, -0.2) is 24.5 Å². The molecule has 2 aromatic carbocycles. The number of anilines is 1. The fourth-order valence-corrected chi connectivity index (χ4v) is 2.49. The van der Waals surface area contributed by atoms with Gasteiger partial charge >= 0.3 is 6.03 Å². The Bertz CT molecular complexity index is 680. The molecule has 0 fully saturated rings. The number of hydrogen-bond acceptors (Lipinski definition) is 1. The van der Waals surface area contributed by atoms with Gasteiger partial charge in [-0.3, -0.25) is 4.90 Å². The summed E-state index contributed by atoms with van der Waals surface area (Å²) in [5, 5.41) is 0.654. The van der Waals surface area contributed by atoms with Crippen LogP contribution in [0.2, 0.25) is 5.02 Å². The third kappa shape index (κ3) is 2.65. The van der Waals surface area contributed by atoms with Gasteiger partial charge in [0, 0.05) is 18.6 Å². The first-order valence-corrected chi connectivity index (χ1v) is 7.11. The third-order valence-electron chi connectivity index (χ3n) is 3.47. The van der Waals surface area contributed by atoms with Crippen LogP contribution >= 0.6 is 11.6 Å². The second kappa shape index (κ2) is 5.62. The van der Waals surface area contributed by atoms with Crippen LogP contribution in [0.4, 0.5) is 10.5 Å². The molecular weight excluding hydrogens is 284 g/mol. The highest BCUT2D eigenvalue weighted by Gasteiger charge is 2.27.